The molecule has 320 valence electrons. The number of carbonyl (C=O) groups excluding carboxylic acids is 1. The number of ether oxygens (including phenoxy) is 2. The van der Waals surface area contributed by atoms with E-state index < -0.39 is 13.9 Å². The molecule has 9 heteroatoms. The minimum absolute atomic E-state index is 0.0896. The van der Waals surface area contributed by atoms with Gasteiger partial charge in [0, 0.05) is 13.0 Å². The van der Waals surface area contributed by atoms with Crippen molar-refractivity contribution < 1.29 is 37.3 Å². The second kappa shape index (κ2) is 38.8. The number of nitrogens with zero attached hydrogens (tertiary/aromatic N) is 1. The maximum absolute atomic E-state index is 12.7. The maximum atomic E-state index is 12.7. The van der Waals surface area contributed by atoms with Crippen LogP contribution in [0.2, 0.25) is 0 Å². The summed E-state index contributed by atoms with van der Waals surface area (Å²) in [5, 5.41) is 0. The highest BCUT2D eigenvalue weighted by molar-refractivity contribution is 7.47. The first-order valence-corrected chi connectivity index (χ1v) is 24.1. The van der Waals surface area contributed by atoms with E-state index in [1.807, 2.05) is 21.1 Å². The average Bonchev–Trinajstić information content (AvgIpc) is 3.12. The zero-order chi connectivity index (χ0) is 39.9. The average molecular weight is 787 g/mol. The maximum Gasteiger partial charge on any atom is 0.472 e. The fourth-order valence-corrected chi connectivity index (χ4v) is 6.97. The largest absolute Gasteiger partial charge is 0.472 e. The number of quaternary nitrogens is 1. The number of allylic oxidation sites excluding steroid dienone is 4. The molecule has 54 heavy (non-hydrogen) atoms. The van der Waals surface area contributed by atoms with E-state index in [-0.39, 0.29) is 25.8 Å². The second-order valence-electron chi connectivity index (χ2n) is 16.4. The Hall–Kier alpha value is -1.02. The smallest absolute Gasteiger partial charge is 0.457 e. The van der Waals surface area contributed by atoms with Gasteiger partial charge in [0.25, 0.3) is 0 Å². The lowest BCUT2D eigenvalue weighted by Crippen LogP contribution is -2.37. The number of likely N-dealkylation sites (N-methyl/N-ethyl adjacent to an activating group) is 1. The van der Waals surface area contributed by atoms with Gasteiger partial charge in [-0.1, -0.05) is 173 Å². The van der Waals surface area contributed by atoms with E-state index in [9.17, 15) is 14.3 Å². The van der Waals surface area contributed by atoms with Gasteiger partial charge in [0.1, 0.15) is 19.3 Å². The molecule has 8 nitrogen and oxygen atoms in total. The van der Waals surface area contributed by atoms with E-state index >= 15 is 0 Å². The number of rotatable bonds is 42. The van der Waals surface area contributed by atoms with Crippen molar-refractivity contribution in [2.75, 3.05) is 54.1 Å². The van der Waals surface area contributed by atoms with E-state index in [0.717, 1.165) is 38.5 Å². The third-order valence-corrected chi connectivity index (χ3v) is 10.7. The Morgan fingerprint density at radius 3 is 1.50 bits per heavy atom. The summed E-state index contributed by atoms with van der Waals surface area (Å²) in [5.41, 5.74) is 0. The highest BCUT2D eigenvalue weighted by atomic mass is 31.2. The molecule has 0 aliphatic heterocycles. The molecule has 0 aliphatic carbocycles. The third-order valence-electron chi connectivity index (χ3n) is 9.77. The Bertz CT molecular complexity index is 920. The quantitative estimate of drug-likeness (QED) is 0.0217. The van der Waals surface area contributed by atoms with Crippen molar-refractivity contribution in [3.63, 3.8) is 0 Å². The second-order valence-corrected chi connectivity index (χ2v) is 17.9. The molecule has 0 rings (SSSR count). The van der Waals surface area contributed by atoms with Crippen LogP contribution in [-0.2, 0) is 27.9 Å². The predicted octanol–water partition coefficient (Wildman–Crippen LogP) is 13.2. The van der Waals surface area contributed by atoms with Gasteiger partial charge < -0.3 is 18.9 Å². The summed E-state index contributed by atoms with van der Waals surface area (Å²) in [5.74, 6) is -0.316. The van der Waals surface area contributed by atoms with E-state index in [1.54, 1.807) is 0 Å². The number of esters is 1. The van der Waals surface area contributed by atoms with Gasteiger partial charge in [0.15, 0.2) is 0 Å². The number of hydrogen-bond donors (Lipinski definition) is 1. The van der Waals surface area contributed by atoms with Crippen molar-refractivity contribution in [1.29, 1.82) is 0 Å². The molecular formula is C45H89NO7P+. The van der Waals surface area contributed by atoms with Crippen LogP contribution >= 0.6 is 7.82 Å². The van der Waals surface area contributed by atoms with E-state index in [2.05, 4.69) is 38.2 Å². The van der Waals surface area contributed by atoms with Crippen molar-refractivity contribution >= 4 is 13.8 Å². The van der Waals surface area contributed by atoms with Gasteiger partial charge in [-0.25, -0.2) is 4.57 Å². The molecule has 0 saturated heterocycles. The molecule has 0 aromatic heterocycles. The van der Waals surface area contributed by atoms with E-state index in [4.69, 9.17) is 18.5 Å². The first kappa shape index (κ1) is 53.0. The highest BCUT2D eigenvalue weighted by Crippen LogP contribution is 2.43. The van der Waals surface area contributed by atoms with Gasteiger partial charge >= 0.3 is 13.8 Å². The molecule has 2 atom stereocenters. The molecule has 0 aliphatic rings. The lowest BCUT2D eigenvalue weighted by atomic mass is 10.1. The molecular weight excluding hydrogens is 697 g/mol. The molecule has 1 N–H and O–H groups in total. The summed E-state index contributed by atoms with van der Waals surface area (Å²) in [7, 11) is 1.67. The summed E-state index contributed by atoms with van der Waals surface area (Å²) in [6.07, 6.45) is 43.5. The summed E-state index contributed by atoms with van der Waals surface area (Å²) in [4.78, 5) is 22.9. The van der Waals surface area contributed by atoms with Crippen LogP contribution in [0.25, 0.3) is 0 Å². The number of carbonyl (C=O) groups is 1. The zero-order valence-corrected chi connectivity index (χ0v) is 37.1. The molecule has 0 saturated carbocycles. The molecule has 0 radical (unpaired) electrons. The number of phosphoric acid groups is 1. The SMILES string of the molecule is CCCCCCC/C=C\C/C=C\CCCCCCCCCCCC(=O)OC(COCCCCCCCCCCCCC)COP(=O)(O)OCC[N+](C)(C)C. The molecule has 0 fully saturated rings. The summed E-state index contributed by atoms with van der Waals surface area (Å²) >= 11 is 0. The standard InChI is InChI=1S/C45H88NO7P/c1-6-8-10-12-14-16-18-19-20-21-22-23-24-25-26-27-28-30-32-34-36-38-45(47)53-44(43-52-54(48,49)51-41-39-46(3,4)5)42-50-40-37-35-33-31-29-17-15-13-11-9-7-2/h18-19,21-22,44H,6-17,20,23-43H2,1-5H3/p+1/b19-18-,22-21-. The fraction of sp³-hybridized carbons (Fsp3) is 0.889. The van der Waals surface area contributed by atoms with Gasteiger partial charge in [-0.3, -0.25) is 13.8 Å². The van der Waals surface area contributed by atoms with Crippen molar-refractivity contribution in [2.45, 2.75) is 206 Å². The Morgan fingerprint density at radius 2 is 1.02 bits per heavy atom. The minimum Gasteiger partial charge on any atom is -0.457 e. The van der Waals surface area contributed by atoms with Gasteiger partial charge in [-0.05, 0) is 44.9 Å². The van der Waals surface area contributed by atoms with Crippen LogP contribution in [0.15, 0.2) is 24.3 Å². The van der Waals surface area contributed by atoms with Crippen LogP contribution < -0.4 is 0 Å². The topological polar surface area (TPSA) is 91.3 Å². The van der Waals surface area contributed by atoms with Crippen molar-refractivity contribution in [2.24, 2.45) is 0 Å². The van der Waals surface area contributed by atoms with Gasteiger partial charge in [0.05, 0.1) is 34.4 Å². The predicted molar refractivity (Wildman–Crippen MR) is 229 cm³/mol. The van der Waals surface area contributed by atoms with Crippen LogP contribution in [0, 0.1) is 0 Å². The normalized spacial score (nSPS) is 14.0. The van der Waals surface area contributed by atoms with Crippen LogP contribution in [0.5, 0.6) is 0 Å². The van der Waals surface area contributed by atoms with Crippen LogP contribution in [-0.4, -0.2) is 75.6 Å². The Labute approximate surface area is 334 Å². The Balaban J connectivity index is 4.15. The third kappa shape index (κ3) is 42.1. The molecule has 0 spiro atoms. The highest BCUT2D eigenvalue weighted by Gasteiger charge is 2.26. The monoisotopic (exact) mass is 787 g/mol. The number of unbranched alkanes of at least 4 members (excludes halogenated alkanes) is 24. The zero-order valence-electron chi connectivity index (χ0n) is 36.2. The lowest BCUT2D eigenvalue weighted by Gasteiger charge is -2.24. The number of phosphoric ester groups is 1. The van der Waals surface area contributed by atoms with Gasteiger partial charge in [-0.2, -0.15) is 0 Å². The summed E-state index contributed by atoms with van der Waals surface area (Å²) in [6.45, 7) is 5.63. The first-order valence-electron chi connectivity index (χ1n) is 22.6. The summed E-state index contributed by atoms with van der Waals surface area (Å²) < 4.78 is 35.0. The van der Waals surface area contributed by atoms with Crippen molar-refractivity contribution in [3.05, 3.63) is 24.3 Å². The lowest BCUT2D eigenvalue weighted by molar-refractivity contribution is -0.870. The van der Waals surface area contributed by atoms with E-state index in [0.29, 0.717) is 24.1 Å². The molecule has 2 unspecified atom stereocenters. The minimum atomic E-state index is -4.27. The number of hydrogen-bond acceptors (Lipinski definition) is 6. The Kier molecular flexibility index (Phi) is 38.1. The molecule has 0 aromatic carbocycles. The molecule has 0 amide bonds. The van der Waals surface area contributed by atoms with E-state index in [1.165, 1.54) is 141 Å². The van der Waals surface area contributed by atoms with Crippen LogP contribution in [0.1, 0.15) is 200 Å². The van der Waals surface area contributed by atoms with Crippen molar-refractivity contribution in [3.8, 4) is 0 Å². The molecule has 0 heterocycles. The van der Waals surface area contributed by atoms with Crippen LogP contribution in [0.4, 0.5) is 0 Å². The molecule has 0 aromatic rings. The summed E-state index contributed by atoms with van der Waals surface area (Å²) in [6, 6.07) is 0. The van der Waals surface area contributed by atoms with Gasteiger partial charge in [-0.15, -0.1) is 0 Å². The Morgan fingerprint density at radius 1 is 0.574 bits per heavy atom. The first-order chi connectivity index (χ1) is 26.1. The van der Waals surface area contributed by atoms with Crippen LogP contribution in [0.3, 0.4) is 0 Å². The van der Waals surface area contributed by atoms with Gasteiger partial charge in [0.2, 0.25) is 0 Å². The molecule has 0 bridgehead atoms. The van der Waals surface area contributed by atoms with Crippen molar-refractivity contribution in [1.82, 2.24) is 0 Å². The fourth-order valence-electron chi connectivity index (χ4n) is 6.23.